The maximum absolute atomic E-state index is 12.2. The van der Waals surface area contributed by atoms with Gasteiger partial charge in [-0.3, -0.25) is 0 Å². The van der Waals surface area contributed by atoms with Gasteiger partial charge in [0, 0.05) is 9.79 Å². The molecule has 3 nitrogen and oxygen atoms in total. The van der Waals surface area contributed by atoms with Crippen LogP contribution in [0.4, 0.5) is 11.4 Å². The van der Waals surface area contributed by atoms with Crippen LogP contribution in [0, 0.1) is 0 Å². The molecule has 0 aliphatic carbocycles. The van der Waals surface area contributed by atoms with Gasteiger partial charge in [-0.25, -0.2) is 4.79 Å². The molecule has 3 aromatic carbocycles. The van der Waals surface area contributed by atoms with Crippen LogP contribution in [0.2, 0.25) is 0 Å². The second-order valence-electron chi connectivity index (χ2n) is 5.89. The summed E-state index contributed by atoms with van der Waals surface area (Å²) in [5, 5.41) is 3.46. The first-order valence-corrected chi connectivity index (χ1v) is 8.96. The first-order chi connectivity index (χ1) is 12.2. The van der Waals surface area contributed by atoms with Crippen molar-refractivity contribution in [2.75, 3.05) is 5.32 Å². The van der Waals surface area contributed by atoms with Crippen molar-refractivity contribution in [1.29, 1.82) is 0 Å². The molecule has 1 atom stereocenters. The van der Waals surface area contributed by atoms with Crippen LogP contribution in [0.25, 0.3) is 0 Å². The maximum atomic E-state index is 12.2. The fourth-order valence-corrected chi connectivity index (χ4v) is 3.75. The molecule has 4 heteroatoms. The SMILES string of the molecule is CC(OC(=O)c1ccccc1)c1ccc2c(c1)Nc1ccccc1S2. The highest BCUT2D eigenvalue weighted by Crippen LogP contribution is 2.44. The molecule has 1 N–H and O–H groups in total. The zero-order valence-electron chi connectivity index (χ0n) is 13.7. The highest BCUT2D eigenvalue weighted by molar-refractivity contribution is 7.99. The van der Waals surface area contributed by atoms with Gasteiger partial charge in [0.1, 0.15) is 6.10 Å². The third-order valence-corrected chi connectivity index (χ3v) is 5.29. The van der Waals surface area contributed by atoms with Crippen molar-refractivity contribution in [1.82, 2.24) is 0 Å². The van der Waals surface area contributed by atoms with E-state index >= 15 is 0 Å². The number of nitrogens with one attached hydrogen (secondary N) is 1. The van der Waals surface area contributed by atoms with E-state index in [1.807, 2.05) is 43.3 Å². The van der Waals surface area contributed by atoms with E-state index in [1.54, 1.807) is 23.9 Å². The third-order valence-electron chi connectivity index (χ3n) is 4.14. The molecule has 25 heavy (non-hydrogen) atoms. The molecule has 1 heterocycles. The van der Waals surface area contributed by atoms with Gasteiger partial charge in [0.2, 0.25) is 0 Å². The normalized spacial score (nSPS) is 13.2. The zero-order chi connectivity index (χ0) is 17.2. The summed E-state index contributed by atoms with van der Waals surface area (Å²) in [5.74, 6) is -0.307. The lowest BCUT2D eigenvalue weighted by Gasteiger charge is -2.22. The van der Waals surface area contributed by atoms with Gasteiger partial charge in [-0.1, -0.05) is 48.2 Å². The molecule has 0 spiro atoms. The largest absolute Gasteiger partial charge is 0.454 e. The van der Waals surface area contributed by atoms with Gasteiger partial charge in [-0.05, 0) is 48.9 Å². The predicted molar refractivity (Wildman–Crippen MR) is 101 cm³/mol. The van der Waals surface area contributed by atoms with Gasteiger partial charge >= 0.3 is 5.97 Å². The molecule has 0 amide bonds. The highest BCUT2D eigenvalue weighted by atomic mass is 32.2. The third kappa shape index (κ3) is 3.26. The van der Waals surface area contributed by atoms with Gasteiger partial charge in [-0.2, -0.15) is 0 Å². The fraction of sp³-hybridized carbons (Fsp3) is 0.0952. The minimum Gasteiger partial charge on any atom is -0.454 e. The van der Waals surface area contributed by atoms with Crippen molar-refractivity contribution in [3.8, 4) is 0 Å². The molecular formula is C21H17NO2S. The molecule has 0 saturated carbocycles. The number of ether oxygens (including phenoxy) is 1. The summed E-state index contributed by atoms with van der Waals surface area (Å²) in [6.45, 7) is 1.90. The fourth-order valence-electron chi connectivity index (χ4n) is 2.78. The lowest BCUT2D eigenvalue weighted by Crippen LogP contribution is -2.10. The number of benzene rings is 3. The molecule has 1 aliphatic rings. The molecule has 0 saturated heterocycles. The summed E-state index contributed by atoms with van der Waals surface area (Å²) < 4.78 is 5.61. The summed E-state index contributed by atoms with van der Waals surface area (Å²) >= 11 is 1.74. The van der Waals surface area contributed by atoms with Crippen LogP contribution < -0.4 is 5.32 Å². The van der Waals surface area contributed by atoms with Crippen molar-refractivity contribution >= 4 is 29.1 Å². The molecule has 0 radical (unpaired) electrons. The Hall–Kier alpha value is -2.72. The standard InChI is InChI=1S/C21H17NO2S/c1-14(24-21(23)15-7-3-2-4-8-15)16-11-12-20-18(13-16)22-17-9-5-6-10-19(17)25-20/h2-14,22H,1H3. The molecule has 1 aliphatic heterocycles. The zero-order valence-corrected chi connectivity index (χ0v) is 14.5. The number of hydrogen-bond acceptors (Lipinski definition) is 4. The van der Waals surface area contributed by atoms with E-state index in [0.717, 1.165) is 16.9 Å². The number of rotatable bonds is 3. The summed E-state index contributed by atoms with van der Waals surface area (Å²) in [6.07, 6.45) is -0.318. The Bertz CT molecular complexity index is 924. The van der Waals surface area contributed by atoms with Crippen molar-refractivity contribution < 1.29 is 9.53 Å². The Morgan fingerprint density at radius 1 is 0.920 bits per heavy atom. The first kappa shape index (κ1) is 15.8. The van der Waals surface area contributed by atoms with E-state index in [0.29, 0.717) is 5.56 Å². The van der Waals surface area contributed by atoms with Crippen LogP contribution in [-0.2, 0) is 4.74 Å². The molecule has 3 aromatic rings. The van der Waals surface area contributed by atoms with E-state index in [4.69, 9.17) is 4.74 Å². The molecule has 1 unspecified atom stereocenters. The lowest BCUT2D eigenvalue weighted by molar-refractivity contribution is 0.0338. The second kappa shape index (κ2) is 6.65. The van der Waals surface area contributed by atoms with Crippen molar-refractivity contribution in [3.05, 3.63) is 83.9 Å². The number of carbonyl (C=O) groups is 1. The molecular weight excluding hydrogens is 330 g/mol. The number of esters is 1. The summed E-state index contributed by atoms with van der Waals surface area (Å²) in [7, 11) is 0. The average Bonchev–Trinajstić information content (AvgIpc) is 2.66. The Morgan fingerprint density at radius 3 is 2.48 bits per heavy atom. The van der Waals surface area contributed by atoms with Crippen LogP contribution in [0.15, 0.2) is 82.6 Å². The van der Waals surface area contributed by atoms with Gasteiger partial charge in [0.05, 0.1) is 16.9 Å². The Balaban J connectivity index is 1.53. The highest BCUT2D eigenvalue weighted by Gasteiger charge is 2.18. The maximum Gasteiger partial charge on any atom is 0.338 e. The molecule has 0 fully saturated rings. The Kier molecular flexibility index (Phi) is 4.20. The van der Waals surface area contributed by atoms with E-state index in [-0.39, 0.29) is 12.1 Å². The van der Waals surface area contributed by atoms with E-state index in [2.05, 4.69) is 29.6 Å². The van der Waals surface area contributed by atoms with Crippen LogP contribution in [0.5, 0.6) is 0 Å². The number of para-hydroxylation sites is 1. The molecule has 0 aromatic heterocycles. The minimum atomic E-state index is -0.318. The second-order valence-corrected chi connectivity index (χ2v) is 6.98. The number of hydrogen-bond donors (Lipinski definition) is 1. The number of anilines is 2. The van der Waals surface area contributed by atoms with Crippen LogP contribution in [0.1, 0.15) is 28.9 Å². The Morgan fingerprint density at radius 2 is 1.64 bits per heavy atom. The van der Waals surface area contributed by atoms with Gasteiger partial charge < -0.3 is 10.1 Å². The van der Waals surface area contributed by atoms with Crippen molar-refractivity contribution in [2.24, 2.45) is 0 Å². The minimum absolute atomic E-state index is 0.307. The summed E-state index contributed by atoms with van der Waals surface area (Å²) in [4.78, 5) is 14.6. The van der Waals surface area contributed by atoms with Crippen LogP contribution >= 0.6 is 11.8 Å². The van der Waals surface area contributed by atoms with Gasteiger partial charge in [0.25, 0.3) is 0 Å². The Labute approximate surface area is 151 Å². The van der Waals surface area contributed by atoms with Gasteiger partial charge in [0.15, 0.2) is 0 Å². The lowest BCUT2D eigenvalue weighted by atomic mass is 10.1. The monoisotopic (exact) mass is 347 g/mol. The van der Waals surface area contributed by atoms with E-state index < -0.39 is 0 Å². The summed E-state index contributed by atoms with van der Waals surface area (Å²) in [6, 6.07) is 23.4. The quantitative estimate of drug-likeness (QED) is 0.474. The van der Waals surface area contributed by atoms with E-state index in [9.17, 15) is 4.79 Å². The smallest absolute Gasteiger partial charge is 0.338 e. The number of fused-ring (bicyclic) bond motifs is 2. The molecule has 4 rings (SSSR count). The van der Waals surface area contributed by atoms with Crippen LogP contribution in [0.3, 0.4) is 0 Å². The topological polar surface area (TPSA) is 38.3 Å². The molecule has 124 valence electrons. The molecule has 0 bridgehead atoms. The predicted octanol–water partition coefficient (Wildman–Crippen LogP) is 5.81. The van der Waals surface area contributed by atoms with Crippen LogP contribution in [-0.4, -0.2) is 5.97 Å². The summed E-state index contributed by atoms with van der Waals surface area (Å²) in [5.41, 5.74) is 3.68. The van der Waals surface area contributed by atoms with Gasteiger partial charge in [-0.15, -0.1) is 0 Å². The van der Waals surface area contributed by atoms with Crippen molar-refractivity contribution in [3.63, 3.8) is 0 Å². The van der Waals surface area contributed by atoms with Crippen molar-refractivity contribution in [2.45, 2.75) is 22.8 Å². The van der Waals surface area contributed by atoms with E-state index in [1.165, 1.54) is 9.79 Å². The number of carbonyl (C=O) groups excluding carboxylic acids is 1. The first-order valence-electron chi connectivity index (χ1n) is 8.14. The average molecular weight is 347 g/mol.